The standard InChI is InChI=1S/C18H29NO/c1-15(2)17-9-8-16(3)14-18(17)20-13-12-19-10-6-4-5-7-11-19/h8-9,14-15H,4-7,10-13H2,1-3H3. The highest BCUT2D eigenvalue weighted by atomic mass is 16.5. The van der Waals surface area contributed by atoms with Crippen molar-refractivity contribution in [3.63, 3.8) is 0 Å². The Labute approximate surface area is 124 Å². The molecular formula is C18H29NO. The number of hydrogen-bond donors (Lipinski definition) is 0. The van der Waals surface area contributed by atoms with E-state index in [-0.39, 0.29) is 0 Å². The minimum absolute atomic E-state index is 0.517. The molecule has 1 fully saturated rings. The molecule has 1 aromatic carbocycles. The fraction of sp³-hybridized carbons (Fsp3) is 0.667. The summed E-state index contributed by atoms with van der Waals surface area (Å²) in [5.41, 5.74) is 2.60. The van der Waals surface area contributed by atoms with Crippen molar-refractivity contribution in [3.8, 4) is 5.75 Å². The number of rotatable bonds is 5. The summed E-state index contributed by atoms with van der Waals surface area (Å²) in [6, 6.07) is 6.57. The molecule has 0 amide bonds. The second kappa shape index (κ2) is 7.68. The Kier molecular flexibility index (Phi) is 5.90. The minimum atomic E-state index is 0.517. The van der Waals surface area contributed by atoms with Gasteiger partial charge < -0.3 is 4.74 Å². The van der Waals surface area contributed by atoms with Crippen molar-refractivity contribution < 1.29 is 4.74 Å². The van der Waals surface area contributed by atoms with Gasteiger partial charge in [0.05, 0.1) is 0 Å². The maximum atomic E-state index is 6.08. The van der Waals surface area contributed by atoms with Crippen molar-refractivity contribution in [1.82, 2.24) is 4.90 Å². The molecule has 1 aliphatic rings. The Morgan fingerprint density at radius 1 is 1.10 bits per heavy atom. The summed E-state index contributed by atoms with van der Waals surface area (Å²) in [6.45, 7) is 10.9. The molecule has 2 rings (SSSR count). The molecule has 0 radical (unpaired) electrons. The van der Waals surface area contributed by atoms with Gasteiger partial charge in [0, 0.05) is 6.54 Å². The van der Waals surface area contributed by atoms with Crippen LogP contribution in [0.15, 0.2) is 18.2 Å². The molecule has 2 nitrogen and oxygen atoms in total. The topological polar surface area (TPSA) is 12.5 Å². The van der Waals surface area contributed by atoms with Crippen LogP contribution in [0.4, 0.5) is 0 Å². The molecule has 0 aromatic heterocycles. The molecule has 0 aliphatic carbocycles. The second-order valence-electron chi connectivity index (χ2n) is 6.30. The Morgan fingerprint density at radius 2 is 1.80 bits per heavy atom. The lowest BCUT2D eigenvalue weighted by atomic mass is 10.0. The van der Waals surface area contributed by atoms with E-state index in [4.69, 9.17) is 4.74 Å². The zero-order valence-corrected chi connectivity index (χ0v) is 13.3. The summed E-state index contributed by atoms with van der Waals surface area (Å²) in [7, 11) is 0. The van der Waals surface area contributed by atoms with Crippen molar-refractivity contribution in [1.29, 1.82) is 0 Å². The molecule has 1 heterocycles. The van der Waals surface area contributed by atoms with Gasteiger partial charge in [0.1, 0.15) is 12.4 Å². The summed E-state index contributed by atoms with van der Waals surface area (Å²) in [4.78, 5) is 2.55. The zero-order chi connectivity index (χ0) is 14.4. The van der Waals surface area contributed by atoms with Crippen molar-refractivity contribution in [2.45, 2.75) is 52.4 Å². The van der Waals surface area contributed by atoms with Crippen molar-refractivity contribution >= 4 is 0 Å². The predicted molar refractivity (Wildman–Crippen MR) is 85.7 cm³/mol. The van der Waals surface area contributed by atoms with E-state index in [1.54, 1.807) is 0 Å². The van der Waals surface area contributed by atoms with E-state index in [1.165, 1.54) is 49.9 Å². The third kappa shape index (κ3) is 4.52. The third-order valence-corrected chi connectivity index (χ3v) is 4.15. The van der Waals surface area contributed by atoms with E-state index in [0.717, 1.165) is 18.9 Å². The lowest BCUT2D eigenvalue weighted by Gasteiger charge is -2.21. The number of nitrogens with zero attached hydrogens (tertiary/aromatic N) is 1. The minimum Gasteiger partial charge on any atom is -0.492 e. The second-order valence-corrected chi connectivity index (χ2v) is 6.30. The van der Waals surface area contributed by atoms with Gasteiger partial charge in [-0.05, 0) is 56.0 Å². The van der Waals surface area contributed by atoms with E-state index in [2.05, 4.69) is 43.9 Å². The van der Waals surface area contributed by atoms with Crippen molar-refractivity contribution in [2.24, 2.45) is 0 Å². The number of likely N-dealkylation sites (tertiary alicyclic amines) is 1. The Hall–Kier alpha value is -1.02. The first-order chi connectivity index (χ1) is 9.66. The summed E-state index contributed by atoms with van der Waals surface area (Å²) < 4.78 is 6.08. The van der Waals surface area contributed by atoms with Gasteiger partial charge in [-0.2, -0.15) is 0 Å². The highest BCUT2D eigenvalue weighted by Gasteiger charge is 2.11. The summed E-state index contributed by atoms with van der Waals surface area (Å²) in [6.07, 6.45) is 5.49. The van der Waals surface area contributed by atoms with Crippen LogP contribution in [0.5, 0.6) is 5.75 Å². The molecule has 0 spiro atoms. The first kappa shape index (κ1) is 15.4. The van der Waals surface area contributed by atoms with Gasteiger partial charge in [0.25, 0.3) is 0 Å². The Balaban J connectivity index is 1.88. The molecule has 0 N–H and O–H groups in total. The van der Waals surface area contributed by atoms with Crippen LogP contribution in [0, 0.1) is 6.92 Å². The number of aryl methyl sites for hydroxylation is 1. The Bertz CT molecular complexity index is 406. The predicted octanol–water partition coefficient (Wildman–Crippen LogP) is 4.37. The summed E-state index contributed by atoms with van der Waals surface area (Å²) in [5.74, 6) is 1.60. The summed E-state index contributed by atoms with van der Waals surface area (Å²) >= 11 is 0. The van der Waals surface area contributed by atoms with Crippen LogP contribution in [0.2, 0.25) is 0 Å². The van der Waals surface area contributed by atoms with Crippen LogP contribution in [0.25, 0.3) is 0 Å². The van der Waals surface area contributed by atoms with Gasteiger partial charge in [-0.25, -0.2) is 0 Å². The molecule has 1 aliphatic heterocycles. The van der Waals surface area contributed by atoms with E-state index in [9.17, 15) is 0 Å². The molecule has 0 atom stereocenters. The SMILES string of the molecule is Cc1ccc(C(C)C)c(OCCN2CCCCCC2)c1. The molecule has 2 heteroatoms. The quantitative estimate of drug-likeness (QED) is 0.791. The van der Waals surface area contributed by atoms with E-state index < -0.39 is 0 Å². The molecular weight excluding hydrogens is 246 g/mol. The molecule has 1 aromatic rings. The molecule has 0 unspecified atom stereocenters. The Morgan fingerprint density at radius 3 is 2.45 bits per heavy atom. The third-order valence-electron chi connectivity index (χ3n) is 4.15. The summed E-state index contributed by atoms with van der Waals surface area (Å²) in [5, 5.41) is 0. The van der Waals surface area contributed by atoms with Crippen molar-refractivity contribution in [2.75, 3.05) is 26.2 Å². The average Bonchev–Trinajstić information content (AvgIpc) is 2.67. The number of benzene rings is 1. The van der Waals surface area contributed by atoms with Gasteiger partial charge in [-0.3, -0.25) is 4.90 Å². The first-order valence-electron chi connectivity index (χ1n) is 8.12. The lowest BCUT2D eigenvalue weighted by Crippen LogP contribution is -2.29. The maximum Gasteiger partial charge on any atom is 0.123 e. The maximum absolute atomic E-state index is 6.08. The fourth-order valence-electron chi connectivity index (χ4n) is 2.89. The van der Waals surface area contributed by atoms with E-state index >= 15 is 0 Å². The van der Waals surface area contributed by atoms with Crippen LogP contribution in [-0.4, -0.2) is 31.1 Å². The lowest BCUT2D eigenvalue weighted by molar-refractivity contribution is 0.212. The van der Waals surface area contributed by atoms with Gasteiger partial charge in [0.15, 0.2) is 0 Å². The molecule has 20 heavy (non-hydrogen) atoms. The monoisotopic (exact) mass is 275 g/mol. The molecule has 0 saturated carbocycles. The smallest absolute Gasteiger partial charge is 0.123 e. The van der Waals surface area contributed by atoms with Gasteiger partial charge in [-0.15, -0.1) is 0 Å². The molecule has 1 saturated heterocycles. The number of hydrogen-bond acceptors (Lipinski definition) is 2. The fourth-order valence-corrected chi connectivity index (χ4v) is 2.89. The first-order valence-corrected chi connectivity index (χ1v) is 8.12. The van der Waals surface area contributed by atoms with Crippen molar-refractivity contribution in [3.05, 3.63) is 29.3 Å². The normalized spacial score (nSPS) is 17.2. The van der Waals surface area contributed by atoms with Crippen LogP contribution < -0.4 is 4.74 Å². The highest BCUT2D eigenvalue weighted by molar-refractivity contribution is 5.39. The van der Waals surface area contributed by atoms with E-state index in [1.807, 2.05) is 0 Å². The van der Waals surface area contributed by atoms with E-state index in [0.29, 0.717) is 5.92 Å². The highest BCUT2D eigenvalue weighted by Crippen LogP contribution is 2.27. The molecule has 112 valence electrons. The van der Waals surface area contributed by atoms with Gasteiger partial charge in [0.2, 0.25) is 0 Å². The zero-order valence-electron chi connectivity index (χ0n) is 13.3. The largest absolute Gasteiger partial charge is 0.492 e. The van der Waals surface area contributed by atoms with Gasteiger partial charge in [-0.1, -0.05) is 38.8 Å². The van der Waals surface area contributed by atoms with Gasteiger partial charge >= 0.3 is 0 Å². The van der Waals surface area contributed by atoms with Crippen LogP contribution in [-0.2, 0) is 0 Å². The molecule has 0 bridgehead atoms. The number of ether oxygens (including phenoxy) is 1. The van der Waals surface area contributed by atoms with Crippen LogP contribution >= 0.6 is 0 Å². The average molecular weight is 275 g/mol. The van der Waals surface area contributed by atoms with Crippen LogP contribution in [0.1, 0.15) is 56.6 Å². The van der Waals surface area contributed by atoms with Crippen LogP contribution in [0.3, 0.4) is 0 Å².